The molecule has 4 fully saturated rings. The van der Waals surface area contributed by atoms with Crippen molar-refractivity contribution in [2.75, 3.05) is 0 Å². The molecule has 0 saturated heterocycles. The van der Waals surface area contributed by atoms with E-state index in [0.717, 1.165) is 12.0 Å². The molecule has 0 radical (unpaired) electrons. The van der Waals surface area contributed by atoms with Crippen LogP contribution >= 0.6 is 0 Å². The third-order valence-corrected chi connectivity index (χ3v) is 19.2. The van der Waals surface area contributed by atoms with E-state index in [2.05, 4.69) is 37.8 Å². The van der Waals surface area contributed by atoms with Crippen molar-refractivity contribution >= 4 is 29.6 Å². The van der Waals surface area contributed by atoms with Crippen molar-refractivity contribution in [2.45, 2.75) is 128 Å². The lowest BCUT2D eigenvalue weighted by Crippen LogP contribution is -2.73. The molecule has 0 unspecified atom stereocenters. The van der Waals surface area contributed by atoms with Crippen LogP contribution in [-0.2, 0) is 14.4 Å². The molecule has 9 aliphatic carbocycles. The first kappa shape index (κ1) is 41.5. The number of aliphatic imine (C=N–C) groups is 1. The van der Waals surface area contributed by atoms with Gasteiger partial charge < -0.3 is 31.9 Å². The minimum Gasteiger partial charge on any atom is -0.478 e. The van der Waals surface area contributed by atoms with Crippen LogP contribution in [0.2, 0.25) is 0 Å². The fourth-order valence-electron chi connectivity index (χ4n) is 16.8. The molecule has 2 spiro atoms. The summed E-state index contributed by atoms with van der Waals surface area (Å²) < 4.78 is 0. The fourth-order valence-corrected chi connectivity index (χ4v) is 16.8. The van der Waals surface area contributed by atoms with Gasteiger partial charge in [-0.1, -0.05) is 94.3 Å². The molecule has 10 rings (SSSR count). The lowest BCUT2D eigenvalue weighted by molar-refractivity contribution is -0.184. The van der Waals surface area contributed by atoms with Crippen LogP contribution in [0.25, 0.3) is 6.08 Å². The third kappa shape index (κ3) is 4.78. The average Bonchev–Trinajstić information content (AvgIpc) is 3.37. The van der Waals surface area contributed by atoms with Crippen molar-refractivity contribution in [3.05, 3.63) is 88.6 Å². The molecule has 0 heterocycles. The number of Topliss-reactive ketones (excluding diaryl/α,β-unsaturated/α-hetero) is 2. The van der Waals surface area contributed by atoms with Crippen molar-refractivity contribution in [3.8, 4) is 11.8 Å². The average molecular weight is 840 g/mol. The van der Waals surface area contributed by atoms with E-state index >= 15 is 4.79 Å². The van der Waals surface area contributed by atoms with Gasteiger partial charge in [0.2, 0.25) is 0 Å². The van der Waals surface area contributed by atoms with Gasteiger partial charge in [-0.15, -0.1) is 11.8 Å². The standard InChI is InChI=1S/C52H61N3O7/c1-30(43(59)60)32-19-24-49(55-44(53)54)26-25-48-29-50(61)27-28-51(62)35(18-17-31-13-7-5-8-14-31)41-45(2)21-11-6-12-22-52(50)42(51)38(46(41,3)23-20-36(45)56)40(58)34(47(48,52)4)16-10-9-15-33(48)37(49)39(32)57/h5,7-8,13-14,17-18,25-28,33-35,37,39,41,57,61-62H,9-10,12,15-16,19-24,29H2,1-4H3,(H,59,60)(H4,53,54,55)/t33-,34-,35+,37+,39-,41+,45-,46+,47-,48-,49-,50-,51+,52-/m1/s1. The van der Waals surface area contributed by atoms with E-state index in [9.17, 15) is 30.0 Å². The molecular formula is C52H61N3O7. The highest BCUT2D eigenvalue weighted by atomic mass is 16.4. The van der Waals surface area contributed by atoms with Crippen LogP contribution in [0.1, 0.15) is 110 Å². The number of hydrogen-bond donors (Lipinski definition) is 6. The second-order valence-corrected chi connectivity index (χ2v) is 21.3. The Morgan fingerprint density at radius 3 is 2.39 bits per heavy atom. The molecule has 10 heteroatoms. The zero-order valence-corrected chi connectivity index (χ0v) is 36.4. The molecule has 62 heavy (non-hydrogen) atoms. The maximum atomic E-state index is 16.4. The van der Waals surface area contributed by atoms with Crippen molar-refractivity contribution in [1.82, 2.24) is 0 Å². The predicted octanol–water partition coefficient (Wildman–Crippen LogP) is 6.36. The van der Waals surface area contributed by atoms with Gasteiger partial charge >= 0.3 is 5.97 Å². The van der Waals surface area contributed by atoms with Crippen LogP contribution in [0.15, 0.2) is 88.0 Å². The van der Waals surface area contributed by atoms with E-state index < -0.39 is 85.5 Å². The molecule has 9 aliphatic rings. The summed E-state index contributed by atoms with van der Waals surface area (Å²) in [6.45, 7) is 7.88. The van der Waals surface area contributed by atoms with Gasteiger partial charge in [-0.3, -0.25) is 9.59 Å². The summed E-state index contributed by atoms with van der Waals surface area (Å²) in [6, 6.07) is 9.92. The maximum Gasteiger partial charge on any atom is 0.331 e. The number of fused-ring (bicyclic) bond motifs is 3. The third-order valence-electron chi connectivity index (χ3n) is 19.2. The van der Waals surface area contributed by atoms with Crippen molar-refractivity contribution in [2.24, 2.45) is 73.1 Å². The first-order chi connectivity index (χ1) is 29.3. The van der Waals surface area contributed by atoms with Gasteiger partial charge in [0, 0.05) is 69.8 Å². The molecule has 0 aromatic heterocycles. The monoisotopic (exact) mass is 839 g/mol. The number of aliphatic hydroxyl groups excluding tert-OH is 1. The van der Waals surface area contributed by atoms with E-state index in [0.29, 0.717) is 68.1 Å². The minimum atomic E-state index is -1.76. The van der Waals surface area contributed by atoms with Crippen LogP contribution in [-0.4, -0.2) is 66.8 Å². The number of carbonyl (C=O) groups is 3. The van der Waals surface area contributed by atoms with Gasteiger partial charge in [-0.2, -0.15) is 0 Å². The summed E-state index contributed by atoms with van der Waals surface area (Å²) in [4.78, 5) is 48.4. The highest BCUT2D eigenvalue weighted by Crippen LogP contribution is 2.85. The van der Waals surface area contributed by atoms with Crippen LogP contribution in [0.3, 0.4) is 0 Å². The van der Waals surface area contributed by atoms with Gasteiger partial charge in [-0.05, 0) is 91.9 Å². The van der Waals surface area contributed by atoms with Gasteiger partial charge in [0.05, 0.1) is 17.2 Å². The van der Waals surface area contributed by atoms with Crippen LogP contribution in [0, 0.1) is 68.5 Å². The van der Waals surface area contributed by atoms with Gasteiger partial charge in [0.1, 0.15) is 11.4 Å². The number of allylic oxidation sites excluding steroid dienone is 2. The Bertz CT molecular complexity index is 2450. The summed E-state index contributed by atoms with van der Waals surface area (Å²) in [5.41, 5.74) is 5.68. The van der Waals surface area contributed by atoms with Crippen molar-refractivity contribution in [3.63, 3.8) is 0 Å². The molecule has 10 nitrogen and oxygen atoms in total. The predicted molar refractivity (Wildman–Crippen MR) is 235 cm³/mol. The second kappa shape index (κ2) is 13.2. The normalized spacial score (nSPS) is 47.9. The zero-order valence-electron chi connectivity index (χ0n) is 36.4. The maximum absolute atomic E-state index is 16.4. The Labute approximate surface area is 364 Å². The lowest BCUT2D eigenvalue weighted by Gasteiger charge is -2.71. The quantitative estimate of drug-likeness (QED) is 0.0657. The topological polar surface area (TPSA) is 197 Å². The summed E-state index contributed by atoms with van der Waals surface area (Å²) >= 11 is 0. The van der Waals surface area contributed by atoms with Gasteiger partial charge in [-0.25, -0.2) is 9.79 Å². The molecule has 14 atom stereocenters. The number of ketones is 2. The number of carboxylic acid groups (broad SMARTS) is 1. The smallest absolute Gasteiger partial charge is 0.331 e. The SMILES string of the molecule is CC(C(=O)O)=C1CC[C@@]2(N=C(N)N)C=C[C@@]34C[C@]5(O)C=C[C@@]6(O)C7=C8C(=O)[C@@H](CCCC[C@@H]3[C@H]2[C@@H]1O)[C@@]4(C)[C@@]75CCC#CC[C@]1(C)C(=O)CC[C@]8(C)[C@H]1[C@@H]6C=Cc1ccccc1. The number of aliphatic carboxylic acids is 1. The van der Waals surface area contributed by atoms with E-state index in [1.165, 1.54) is 6.92 Å². The van der Waals surface area contributed by atoms with Gasteiger partial charge in [0.15, 0.2) is 11.7 Å². The number of carboxylic acids is 1. The van der Waals surface area contributed by atoms with Crippen molar-refractivity contribution in [1.29, 1.82) is 0 Å². The molecule has 8 N–H and O–H groups in total. The van der Waals surface area contributed by atoms with Crippen LogP contribution in [0.5, 0.6) is 0 Å². The fraction of sp³-hybridized carbons (Fsp3) is 0.577. The highest BCUT2D eigenvalue weighted by molar-refractivity contribution is 6.04. The van der Waals surface area contributed by atoms with Gasteiger partial charge in [0.25, 0.3) is 0 Å². The molecule has 326 valence electrons. The highest BCUT2D eigenvalue weighted by Gasteiger charge is 2.86. The van der Waals surface area contributed by atoms with Crippen molar-refractivity contribution < 1.29 is 34.8 Å². The minimum absolute atomic E-state index is 0.00747. The summed E-state index contributed by atoms with van der Waals surface area (Å²) in [7, 11) is 0. The van der Waals surface area contributed by atoms with E-state index in [4.69, 9.17) is 16.5 Å². The van der Waals surface area contributed by atoms with E-state index in [1.54, 1.807) is 6.08 Å². The summed E-state index contributed by atoms with van der Waals surface area (Å²) in [5.74, 6) is 2.98. The first-order valence-electron chi connectivity index (χ1n) is 22.9. The number of nitrogens with two attached hydrogens (primary N) is 2. The Kier molecular flexibility index (Phi) is 8.86. The lowest BCUT2D eigenvalue weighted by atomic mass is 9.31. The number of benzene rings is 1. The molecular weight excluding hydrogens is 779 g/mol. The Morgan fingerprint density at radius 1 is 0.919 bits per heavy atom. The molecule has 4 bridgehead atoms. The zero-order chi connectivity index (χ0) is 44.0. The number of guanidine groups is 1. The molecule has 0 aliphatic heterocycles. The number of aliphatic hydroxyl groups is 3. The Morgan fingerprint density at radius 2 is 1.66 bits per heavy atom. The van der Waals surface area contributed by atoms with E-state index in [-0.39, 0.29) is 42.4 Å². The van der Waals surface area contributed by atoms with Crippen LogP contribution < -0.4 is 11.5 Å². The first-order valence-corrected chi connectivity index (χ1v) is 22.9. The van der Waals surface area contributed by atoms with E-state index in [1.807, 2.05) is 55.5 Å². The Balaban J connectivity index is 1.31. The number of rotatable bonds is 4. The summed E-state index contributed by atoms with van der Waals surface area (Å²) in [6.07, 6.45) is 16.0. The number of nitrogens with zero attached hydrogens (tertiary/aromatic N) is 1. The molecule has 1 aromatic rings. The molecule has 0 amide bonds. The largest absolute Gasteiger partial charge is 0.478 e. The number of carbonyl (C=O) groups excluding carboxylic acids is 2. The molecule has 1 aromatic carbocycles. The Hall–Kier alpha value is -4.56. The van der Waals surface area contributed by atoms with Crippen LogP contribution in [0.4, 0.5) is 0 Å². The second-order valence-electron chi connectivity index (χ2n) is 21.3. The summed E-state index contributed by atoms with van der Waals surface area (Å²) in [5, 5.41) is 51.2. The molecule has 4 saturated carbocycles. The number of hydrogen-bond acceptors (Lipinski definition) is 7.